The summed E-state index contributed by atoms with van der Waals surface area (Å²) >= 11 is 5.24. The summed E-state index contributed by atoms with van der Waals surface area (Å²) in [6.45, 7) is 6.96. The first-order valence-corrected chi connectivity index (χ1v) is 8.33. The van der Waals surface area contributed by atoms with Crippen molar-refractivity contribution in [3.63, 3.8) is 0 Å². The maximum atomic E-state index is 11.4. The zero-order valence-corrected chi connectivity index (χ0v) is 12.8. The molecule has 0 aromatic rings. The highest BCUT2D eigenvalue weighted by molar-refractivity contribution is 8.11. The Kier molecular flexibility index (Phi) is 6.94. The predicted octanol–water partition coefficient (Wildman–Crippen LogP) is 1.46. The molecule has 0 aliphatic carbocycles. The lowest BCUT2D eigenvalue weighted by molar-refractivity contribution is -0.141. The van der Waals surface area contributed by atoms with Crippen molar-refractivity contribution >= 4 is 30.2 Å². The summed E-state index contributed by atoms with van der Waals surface area (Å²) in [6.07, 6.45) is -0.969. The van der Waals surface area contributed by atoms with E-state index in [9.17, 15) is 4.79 Å². The van der Waals surface area contributed by atoms with Gasteiger partial charge in [-0.15, -0.1) is 0 Å². The average Bonchev–Trinajstić information content (AvgIpc) is 2.13. The molecule has 0 aromatic carbocycles. The topological polar surface area (TPSA) is 99.9 Å². The Morgan fingerprint density at radius 3 is 2.44 bits per heavy atom. The molecule has 1 atom stereocenters. The first-order valence-electron chi connectivity index (χ1n) is 5.47. The number of carbonyl (C=O) groups excluding carboxylic acids is 1. The first-order chi connectivity index (χ1) is 8.18. The van der Waals surface area contributed by atoms with Crippen LogP contribution in [0.4, 0.5) is 0 Å². The number of nitrogens with two attached hydrogens (primary N) is 2. The number of ether oxygens (including phenoxy) is 1. The molecule has 104 valence electrons. The lowest BCUT2D eigenvalue weighted by Gasteiger charge is -2.17. The third kappa shape index (κ3) is 7.29. The van der Waals surface area contributed by atoms with Gasteiger partial charge in [-0.25, -0.2) is 4.79 Å². The van der Waals surface area contributed by atoms with Crippen LogP contribution in [0, 0.1) is 0 Å². The molecule has 0 saturated carbocycles. The molecule has 4 N–H and O–H groups in total. The van der Waals surface area contributed by atoms with Crippen molar-refractivity contribution < 1.29 is 14.1 Å². The van der Waals surface area contributed by atoms with Crippen LogP contribution in [0.2, 0.25) is 0 Å². The van der Waals surface area contributed by atoms with Gasteiger partial charge < -0.3 is 20.7 Å². The number of hydrogen-bond donors (Lipinski definition) is 2. The van der Waals surface area contributed by atoms with Crippen molar-refractivity contribution in [3.05, 3.63) is 11.8 Å². The largest absolute Gasteiger partial charge is 0.460 e. The van der Waals surface area contributed by atoms with Crippen LogP contribution in [0.5, 0.6) is 0 Å². The summed E-state index contributed by atoms with van der Waals surface area (Å²) in [5, 5.41) is 0. The van der Waals surface area contributed by atoms with E-state index < -0.39 is 12.4 Å². The van der Waals surface area contributed by atoms with Crippen LogP contribution < -0.4 is 11.5 Å². The van der Waals surface area contributed by atoms with Gasteiger partial charge in [-0.1, -0.05) is 6.92 Å². The van der Waals surface area contributed by atoms with Gasteiger partial charge in [0.25, 0.3) is 0 Å². The monoisotopic (exact) mass is 293 g/mol. The molecule has 0 aliphatic rings. The number of carbonyl (C=O) groups is 1. The number of nitrogens with zero attached hydrogens (tertiary/aromatic N) is 1. The normalized spacial score (nSPS) is 14.8. The highest BCUT2D eigenvalue weighted by atomic mass is 32.4. The molecular formula is C10H20N3O3PS. The van der Waals surface area contributed by atoms with E-state index in [1.165, 1.54) is 6.08 Å². The molecule has 0 bridgehead atoms. The molecule has 0 saturated heterocycles. The van der Waals surface area contributed by atoms with Crippen LogP contribution in [-0.4, -0.2) is 24.2 Å². The quantitative estimate of drug-likeness (QED) is 0.192. The SMILES string of the molecule is CCP(=S)(N=C(N)N)OC(C)=CC(=O)OC(C)C. The molecule has 0 heterocycles. The van der Waals surface area contributed by atoms with Crippen LogP contribution in [-0.2, 0) is 25.9 Å². The minimum absolute atomic E-state index is 0.113. The van der Waals surface area contributed by atoms with Gasteiger partial charge in [0.05, 0.1) is 12.2 Å². The van der Waals surface area contributed by atoms with E-state index in [4.69, 9.17) is 32.5 Å². The Morgan fingerprint density at radius 1 is 1.50 bits per heavy atom. The third-order valence-corrected chi connectivity index (χ3v) is 4.78. The highest BCUT2D eigenvalue weighted by Crippen LogP contribution is 2.50. The summed E-state index contributed by atoms with van der Waals surface area (Å²) in [4.78, 5) is 11.4. The second kappa shape index (κ2) is 7.38. The molecule has 18 heavy (non-hydrogen) atoms. The first kappa shape index (κ1) is 16.9. The standard InChI is InChI=1S/C10H20N3O3PS/c1-5-17(18,13-10(11)12)16-8(4)6-9(14)15-7(2)3/h6-7H,5H2,1-4H3,(H4,11,12,13,18). The summed E-state index contributed by atoms with van der Waals surface area (Å²) in [5.41, 5.74) is 10.6. The number of allylic oxidation sites excluding steroid dienone is 1. The van der Waals surface area contributed by atoms with E-state index in [0.717, 1.165) is 0 Å². The van der Waals surface area contributed by atoms with Crippen LogP contribution in [0.15, 0.2) is 16.6 Å². The number of hydrogen-bond acceptors (Lipinski definition) is 4. The predicted molar refractivity (Wildman–Crippen MR) is 76.7 cm³/mol. The summed E-state index contributed by atoms with van der Waals surface area (Å²) in [7, 11) is 0. The Labute approximate surface area is 113 Å². The van der Waals surface area contributed by atoms with Crippen LogP contribution >= 0.6 is 6.42 Å². The summed E-state index contributed by atoms with van der Waals surface area (Å²) in [6, 6.07) is 0. The fourth-order valence-corrected chi connectivity index (χ4v) is 2.82. The molecule has 0 radical (unpaired) electrons. The van der Waals surface area contributed by atoms with E-state index in [1.807, 2.05) is 6.92 Å². The number of guanidine groups is 1. The molecule has 1 unspecified atom stereocenters. The second-order valence-corrected chi connectivity index (χ2v) is 7.81. The molecular weight excluding hydrogens is 273 g/mol. The van der Waals surface area contributed by atoms with Crippen LogP contribution in [0.3, 0.4) is 0 Å². The van der Waals surface area contributed by atoms with E-state index in [1.54, 1.807) is 20.8 Å². The molecule has 0 aliphatic heterocycles. The van der Waals surface area contributed by atoms with Crippen molar-refractivity contribution in [1.29, 1.82) is 0 Å². The summed E-state index contributed by atoms with van der Waals surface area (Å²) in [5.74, 6) is -0.251. The van der Waals surface area contributed by atoms with Crippen LogP contribution in [0.25, 0.3) is 0 Å². The lowest BCUT2D eigenvalue weighted by atomic mass is 10.4. The van der Waals surface area contributed by atoms with E-state index in [2.05, 4.69) is 4.76 Å². The van der Waals surface area contributed by atoms with Crippen molar-refractivity contribution in [2.45, 2.75) is 33.8 Å². The molecule has 0 rings (SSSR count). The van der Waals surface area contributed by atoms with Crippen molar-refractivity contribution in [2.75, 3.05) is 6.16 Å². The third-order valence-electron chi connectivity index (χ3n) is 1.63. The molecule has 8 heteroatoms. The van der Waals surface area contributed by atoms with Crippen LogP contribution in [0.1, 0.15) is 27.7 Å². The van der Waals surface area contributed by atoms with Gasteiger partial charge >= 0.3 is 5.97 Å². The van der Waals surface area contributed by atoms with Crippen molar-refractivity contribution in [3.8, 4) is 0 Å². The number of rotatable bonds is 6. The molecule has 0 fully saturated rings. The molecule has 0 spiro atoms. The van der Waals surface area contributed by atoms with Gasteiger partial charge in [-0.2, -0.15) is 4.76 Å². The van der Waals surface area contributed by atoms with E-state index in [-0.39, 0.29) is 12.1 Å². The zero-order valence-electron chi connectivity index (χ0n) is 11.0. The van der Waals surface area contributed by atoms with Gasteiger partial charge in [-0.3, -0.25) is 0 Å². The molecule has 0 amide bonds. The van der Waals surface area contributed by atoms with Gasteiger partial charge in [-0.05, 0) is 32.6 Å². The fourth-order valence-electron chi connectivity index (χ4n) is 1.02. The second-order valence-electron chi connectivity index (χ2n) is 3.81. The Morgan fingerprint density at radius 2 is 2.06 bits per heavy atom. The maximum absolute atomic E-state index is 11.4. The smallest absolute Gasteiger partial charge is 0.334 e. The zero-order chi connectivity index (χ0) is 14.3. The van der Waals surface area contributed by atoms with E-state index >= 15 is 0 Å². The highest BCUT2D eigenvalue weighted by Gasteiger charge is 2.16. The van der Waals surface area contributed by atoms with Gasteiger partial charge in [0.15, 0.2) is 5.96 Å². The minimum atomic E-state index is -2.51. The molecule has 0 aromatic heterocycles. The Bertz CT molecular complexity index is 403. The lowest BCUT2D eigenvalue weighted by Crippen LogP contribution is -2.22. The number of esters is 1. The van der Waals surface area contributed by atoms with Crippen molar-refractivity contribution in [2.24, 2.45) is 16.2 Å². The van der Waals surface area contributed by atoms with E-state index in [0.29, 0.717) is 11.9 Å². The Hall–Kier alpha value is -1.07. The van der Waals surface area contributed by atoms with Gasteiger partial charge in [0, 0.05) is 6.16 Å². The maximum Gasteiger partial charge on any atom is 0.334 e. The summed E-state index contributed by atoms with van der Waals surface area (Å²) < 4.78 is 14.4. The Balaban J connectivity index is 4.77. The van der Waals surface area contributed by atoms with Crippen molar-refractivity contribution in [1.82, 2.24) is 0 Å². The molecule has 6 nitrogen and oxygen atoms in total. The average molecular weight is 293 g/mol. The fraction of sp³-hybridized carbons (Fsp3) is 0.600. The van der Waals surface area contributed by atoms with Gasteiger partial charge in [0.1, 0.15) is 5.76 Å². The van der Waals surface area contributed by atoms with Gasteiger partial charge in [0.2, 0.25) is 6.42 Å². The minimum Gasteiger partial charge on any atom is -0.460 e.